The summed E-state index contributed by atoms with van der Waals surface area (Å²) in [5.74, 6) is 0. The van der Waals surface area contributed by atoms with Gasteiger partial charge in [0.1, 0.15) is 0 Å². The quantitative estimate of drug-likeness (QED) is 0.141. The van der Waals surface area contributed by atoms with Gasteiger partial charge in [0.25, 0.3) is 0 Å². The maximum absolute atomic E-state index is 2.46. The smallest absolute Gasteiger partial charge is 0.0474 e. The first-order valence-corrected chi connectivity index (χ1v) is 16.9. The van der Waals surface area contributed by atoms with Crippen molar-refractivity contribution in [1.82, 2.24) is 0 Å². The Labute approximate surface area is 280 Å². The largest absolute Gasteiger partial charge is 0.310 e. The van der Waals surface area contributed by atoms with Gasteiger partial charge in [-0.05, 0) is 113 Å². The summed E-state index contributed by atoms with van der Waals surface area (Å²) in [5, 5.41) is 10.4. The monoisotopic (exact) mass is 611 g/mol. The summed E-state index contributed by atoms with van der Waals surface area (Å²) in [5.41, 5.74) is 11.3. The molecule has 0 unspecified atom stereocenters. The Morgan fingerprint density at radius 3 is 1.71 bits per heavy atom. The zero-order valence-electron chi connectivity index (χ0n) is 27.0. The van der Waals surface area contributed by atoms with Crippen molar-refractivity contribution < 1.29 is 0 Å². The van der Waals surface area contributed by atoms with Crippen LogP contribution in [-0.2, 0) is 5.41 Å². The van der Waals surface area contributed by atoms with Gasteiger partial charge in [0, 0.05) is 22.5 Å². The molecular formula is C47H33N. The molecule has 0 atom stereocenters. The molecule has 226 valence electrons. The first-order valence-electron chi connectivity index (χ1n) is 16.9. The second-order valence-corrected chi connectivity index (χ2v) is 13.8. The van der Waals surface area contributed by atoms with E-state index in [-0.39, 0.29) is 5.41 Å². The van der Waals surface area contributed by atoms with Crippen LogP contribution in [0.3, 0.4) is 0 Å². The number of rotatable bonds is 4. The van der Waals surface area contributed by atoms with E-state index in [9.17, 15) is 0 Å². The van der Waals surface area contributed by atoms with Crippen LogP contribution in [-0.4, -0.2) is 0 Å². The predicted molar refractivity (Wildman–Crippen MR) is 205 cm³/mol. The maximum atomic E-state index is 2.46. The molecule has 1 heteroatoms. The molecule has 0 heterocycles. The number of benzene rings is 9. The lowest BCUT2D eigenvalue weighted by Crippen LogP contribution is -2.16. The Morgan fingerprint density at radius 1 is 0.375 bits per heavy atom. The van der Waals surface area contributed by atoms with Gasteiger partial charge in [-0.25, -0.2) is 0 Å². The molecule has 0 spiro atoms. The van der Waals surface area contributed by atoms with Crippen LogP contribution in [0.1, 0.15) is 25.0 Å². The second kappa shape index (κ2) is 10.0. The normalized spacial score (nSPS) is 13.4. The standard InChI is InChI=1S/C47H33N/c1-47(2)43-20-7-6-16-37(43)38-26-25-35(29-44(38)47)48(34-23-21-31(22-24-34)30-11-4-3-5-12-30)36-27-33-15-10-18-40-39-17-8-13-32-14-9-19-41(45(32)39)42(28-36)46(33)40/h3-29H,1-2H3. The van der Waals surface area contributed by atoms with Crippen LogP contribution >= 0.6 is 0 Å². The average Bonchev–Trinajstić information content (AvgIpc) is 3.36. The molecule has 48 heavy (non-hydrogen) atoms. The highest BCUT2D eigenvalue weighted by molar-refractivity contribution is 6.33. The van der Waals surface area contributed by atoms with Crippen molar-refractivity contribution in [3.05, 3.63) is 175 Å². The van der Waals surface area contributed by atoms with Crippen LogP contribution in [0.2, 0.25) is 0 Å². The first-order chi connectivity index (χ1) is 23.6. The van der Waals surface area contributed by atoms with Gasteiger partial charge in [-0.2, -0.15) is 0 Å². The van der Waals surface area contributed by atoms with E-state index >= 15 is 0 Å². The van der Waals surface area contributed by atoms with E-state index in [4.69, 9.17) is 0 Å². The Morgan fingerprint density at radius 2 is 0.958 bits per heavy atom. The van der Waals surface area contributed by atoms with Crippen molar-refractivity contribution in [3.63, 3.8) is 0 Å². The molecule has 9 aromatic carbocycles. The summed E-state index contributed by atoms with van der Waals surface area (Å²) in [7, 11) is 0. The van der Waals surface area contributed by atoms with Gasteiger partial charge >= 0.3 is 0 Å². The third-order valence-electron chi connectivity index (χ3n) is 10.8. The molecule has 0 amide bonds. The minimum absolute atomic E-state index is 0.0889. The zero-order valence-corrected chi connectivity index (χ0v) is 27.0. The van der Waals surface area contributed by atoms with Gasteiger partial charge in [-0.15, -0.1) is 0 Å². The highest BCUT2D eigenvalue weighted by Crippen LogP contribution is 2.51. The second-order valence-electron chi connectivity index (χ2n) is 13.8. The van der Waals surface area contributed by atoms with Gasteiger partial charge in [0.2, 0.25) is 0 Å². The summed E-state index contributed by atoms with van der Waals surface area (Å²) in [4.78, 5) is 2.46. The highest BCUT2D eigenvalue weighted by Gasteiger charge is 2.35. The molecule has 0 aromatic heterocycles. The van der Waals surface area contributed by atoms with Crippen LogP contribution in [0.25, 0.3) is 65.3 Å². The number of nitrogens with zero attached hydrogens (tertiary/aromatic N) is 1. The number of fused-ring (bicyclic) bond motifs is 5. The fraction of sp³-hybridized carbons (Fsp3) is 0.0638. The van der Waals surface area contributed by atoms with Gasteiger partial charge in [-0.3, -0.25) is 0 Å². The molecule has 10 rings (SSSR count). The van der Waals surface area contributed by atoms with E-state index in [1.807, 2.05) is 0 Å². The Bertz CT molecular complexity index is 2680. The van der Waals surface area contributed by atoms with Crippen LogP contribution in [0.15, 0.2) is 164 Å². The fourth-order valence-electron chi connectivity index (χ4n) is 8.48. The fourth-order valence-corrected chi connectivity index (χ4v) is 8.48. The van der Waals surface area contributed by atoms with Crippen LogP contribution in [0, 0.1) is 0 Å². The van der Waals surface area contributed by atoms with E-state index in [1.165, 1.54) is 82.2 Å². The van der Waals surface area contributed by atoms with E-state index in [2.05, 4.69) is 183 Å². The third-order valence-corrected chi connectivity index (χ3v) is 10.8. The summed E-state index contributed by atoms with van der Waals surface area (Å²) in [6, 6.07) is 60.7. The summed E-state index contributed by atoms with van der Waals surface area (Å²) in [6.45, 7) is 4.72. The lowest BCUT2D eigenvalue weighted by Gasteiger charge is -2.29. The van der Waals surface area contributed by atoms with Crippen molar-refractivity contribution in [3.8, 4) is 22.3 Å². The van der Waals surface area contributed by atoms with Gasteiger partial charge in [-0.1, -0.05) is 141 Å². The summed E-state index contributed by atoms with van der Waals surface area (Å²) >= 11 is 0. The molecule has 0 aliphatic heterocycles. The van der Waals surface area contributed by atoms with Crippen LogP contribution < -0.4 is 4.90 Å². The number of hydrogen-bond acceptors (Lipinski definition) is 1. The van der Waals surface area contributed by atoms with Gasteiger partial charge in [0.15, 0.2) is 0 Å². The highest BCUT2D eigenvalue weighted by atomic mass is 15.1. The molecule has 0 saturated carbocycles. The lowest BCUT2D eigenvalue weighted by atomic mass is 9.82. The zero-order chi connectivity index (χ0) is 32.0. The van der Waals surface area contributed by atoms with Crippen molar-refractivity contribution in [2.75, 3.05) is 4.90 Å². The van der Waals surface area contributed by atoms with Gasteiger partial charge < -0.3 is 4.90 Å². The van der Waals surface area contributed by atoms with E-state index in [1.54, 1.807) is 0 Å². The summed E-state index contributed by atoms with van der Waals surface area (Å²) < 4.78 is 0. The number of anilines is 3. The molecule has 0 bridgehead atoms. The number of hydrogen-bond donors (Lipinski definition) is 0. The molecular weight excluding hydrogens is 579 g/mol. The van der Waals surface area contributed by atoms with Crippen molar-refractivity contribution in [2.24, 2.45) is 0 Å². The van der Waals surface area contributed by atoms with Gasteiger partial charge in [0.05, 0.1) is 0 Å². The SMILES string of the molecule is CC1(C)c2ccccc2-c2ccc(N(c3ccc(-c4ccccc4)cc3)c3cc4cccc5c6cccc7cccc(c(c3)c45)c76)cc21. The van der Waals surface area contributed by atoms with Crippen LogP contribution in [0.5, 0.6) is 0 Å². The van der Waals surface area contributed by atoms with Crippen molar-refractivity contribution in [2.45, 2.75) is 19.3 Å². The molecule has 0 N–H and O–H groups in total. The minimum Gasteiger partial charge on any atom is -0.310 e. The van der Waals surface area contributed by atoms with Crippen LogP contribution in [0.4, 0.5) is 17.1 Å². The molecule has 0 radical (unpaired) electrons. The maximum Gasteiger partial charge on any atom is 0.0474 e. The average molecular weight is 612 g/mol. The molecule has 0 saturated heterocycles. The van der Waals surface area contributed by atoms with Crippen molar-refractivity contribution in [1.29, 1.82) is 0 Å². The lowest BCUT2D eigenvalue weighted by molar-refractivity contribution is 0.660. The Balaban J connectivity index is 1.24. The molecule has 0 fully saturated rings. The molecule has 1 aliphatic rings. The Kier molecular flexibility index (Phi) is 5.69. The predicted octanol–water partition coefficient (Wildman–Crippen LogP) is 13.2. The topological polar surface area (TPSA) is 3.24 Å². The molecule has 9 aromatic rings. The third kappa shape index (κ3) is 3.85. The minimum atomic E-state index is -0.0889. The molecule has 1 aliphatic carbocycles. The Hall–Kier alpha value is -5.92. The first kappa shape index (κ1) is 27.2. The van der Waals surface area contributed by atoms with Crippen molar-refractivity contribution >= 4 is 60.2 Å². The van der Waals surface area contributed by atoms with E-state index in [0.29, 0.717) is 0 Å². The summed E-state index contributed by atoms with van der Waals surface area (Å²) in [6.07, 6.45) is 0. The van der Waals surface area contributed by atoms with E-state index < -0.39 is 0 Å². The molecule has 1 nitrogen and oxygen atoms in total. The van der Waals surface area contributed by atoms with E-state index in [0.717, 1.165) is 11.4 Å².